The third-order valence-electron chi connectivity index (χ3n) is 2.27. The highest BCUT2D eigenvalue weighted by atomic mass is 14.7. The molecule has 2 N–H and O–H groups in total. The summed E-state index contributed by atoms with van der Waals surface area (Å²) in [5.74, 6) is 0.491. The molecule has 0 saturated carbocycles. The summed E-state index contributed by atoms with van der Waals surface area (Å²) >= 11 is 0. The Balaban J connectivity index is 4.24. The molecule has 0 heterocycles. The summed E-state index contributed by atoms with van der Waals surface area (Å²) in [6, 6.07) is 0. The summed E-state index contributed by atoms with van der Waals surface area (Å²) in [6.07, 6.45) is 0.883. The minimum absolute atomic E-state index is 0.116. The van der Waals surface area contributed by atoms with Crippen molar-refractivity contribution in [2.75, 3.05) is 0 Å². The summed E-state index contributed by atoms with van der Waals surface area (Å²) in [5.41, 5.74) is 9.94. The zero-order chi connectivity index (χ0) is 9.07. The zero-order valence-electron chi connectivity index (χ0n) is 8.07. The number of hydrogen-bond acceptors (Lipinski definition) is 1. The second-order valence-electron chi connectivity index (χ2n) is 3.79. The molecule has 1 nitrogen and oxygen atoms in total. The SMILES string of the molecule is C=C=C(C)CC(C)(N)C(C)C. The molecule has 0 aliphatic carbocycles. The fourth-order valence-corrected chi connectivity index (χ4v) is 0.838. The first-order valence-electron chi connectivity index (χ1n) is 4.04. The highest BCUT2D eigenvalue weighted by Gasteiger charge is 2.22. The van der Waals surface area contributed by atoms with E-state index in [1.807, 2.05) is 6.92 Å². The Hall–Kier alpha value is -0.520. The third-order valence-corrected chi connectivity index (χ3v) is 2.27. The Morgan fingerprint density at radius 1 is 1.64 bits per heavy atom. The van der Waals surface area contributed by atoms with Gasteiger partial charge >= 0.3 is 0 Å². The first-order chi connectivity index (χ1) is 4.90. The molecule has 0 aromatic heterocycles. The van der Waals surface area contributed by atoms with Crippen molar-refractivity contribution in [1.82, 2.24) is 0 Å². The van der Waals surface area contributed by atoms with E-state index >= 15 is 0 Å². The van der Waals surface area contributed by atoms with Gasteiger partial charge in [0.15, 0.2) is 0 Å². The molecule has 0 aromatic rings. The monoisotopic (exact) mass is 153 g/mol. The lowest BCUT2D eigenvalue weighted by Gasteiger charge is -2.28. The molecule has 1 atom stereocenters. The van der Waals surface area contributed by atoms with Gasteiger partial charge in [0.05, 0.1) is 0 Å². The minimum Gasteiger partial charge on any atom is -0.325 e. The van der Waals surface area contributed by atoms with Crippen LogP contribution in [0.3, 0.4) is 0 Å². The molecule has 11 heavy (non-hydrogen) atoms. The third kappa shape index (κ3) is 3.41. The normalized spacial score (nSPS) is 15.8. The lowest BCUT2D eigenvalue weighted by Crippen LogP contribution is -2.41. The average molecular weight is 153 g/mol. The summed E-state index contributed by atoms with van der Waals surface area (Å²) in [6.45, 7) is 11.9. The molecular weight excluding hydrogens is 134 g/mol. The topological polar surface area (TPSA) is 26.0 Å². The second-order valence-corrected chi connectivity index (χ2v) is 3.79. The van der Waals surface area contributed by atoms with Crippen molar-refractivity contribution < 1.29 is 0 Å². The molecule has 0 rings (SSSR count). The van der Waals surface area contributed by atoms with Crippen molar-refractivity contribution in [3.8, 4) is 0 Å². The Morgan fingerprint density at radius 2 is 2.09 bits per heavy atom. The molecule has 64 valence electrons. The lowest BCUT2D eigenvalue weighted by molar-refractivity contribution is 0.337. The van der Waals surface area contributed by atoms with Crippen LogP contribution in [0.2, 0.25) is 0 Å². The minimum atomic E-state index is -0.116. The van der Waals surface area contributed by atoms with E-state index in [4.69, 9.17) is 5.73 Å². The van der Waals surface area contributed by atoms with Crippen molar-refractivity contribution in [2.45, 2.75) is 39.7 Å². The quantitative estimate of drug-likeness (QED) is 0.619. The molecule has 0 amide bonds. The van der Waals surface area contributed by atoms with Gasteiger partial charge in [0.1, 0.15) is 0 Å². The van der Waals surface area contributed by atoms with Gasteiger partial charge in [-0.2, -0.15) is 0 Å². The molecular formula is C10H19N. The molecule has 0 aliphatic heterocycles. The summed E-state index contributed by atoms with van der Waals surface area (Å²) in [5, 5.41) is 0. The van der Waals surface area contributed by atoms with Crippen LogP contribution in [0.25, 0.3) is 0 Å². The molecule has 0 aromatic carbocycles. The smallest absolute Gasteiger partial charge is 0.0192 e. The van der Waals surface area contributed by atoms with E-state index in [0.29, 0.717) is 5.92 Å². The van der Waals surface area contributed by atoms with E-state index in [9.17, 15) is 0 Å². The van der Waals surface area contributed by atoms with Crippen LogP contribution < -0.4 is 5.73 Å². The predicted molar refractivity (Wildman–Crippen MR) is 50.4 cm³/mol. The summed E-state index contributed by atoms with van der Waals surface area (Å²) in [4.78, 5) is 0. The predicted octanol–water partition coefficient (Wildman–Crippen LogP) is 2.48. The summed E-state index contributed by atoms with van der Waals surface area (Å²) < 4.78 is 0. The van der Waals surface area contributed by atoms with Crippen LogP contribution >= 0.6 is 0 Å². The fraction of sp³-hybridized carbons (Fsp3) is 0.700. The van der Waals surface area contributed by atoms with E-state index in [2.05, 4.69) is 33.1 Å². The van der Waals surface area contributed by atoms with E-state index in [1.165, 1.54) is 0 Å². The molecule has 1 heteroatoms. The van der Waals surface area contributed by atoms with Crippen LogP contribution in [0.1, 0.15) is 34.1 Å². The van der Waals surface area contributed by atoms with Crippen LogP contribution in [0, 0.1) is 5.92 Å². The molecule has 0 saturated heterocycles. The lowest BCUT2D eigenvalue weighted by atomic mass is 9.84. The van der Waals surface area contributed by atoms with Crippen LogP contribution in [0.4, 0.5) is 0 Å². The highest BCUT2D eigenvalue weighted by molar-refractivity contribution is 5.02. The Bertz CT molecular complexity index is 171. The Morgan fingerprint density at radius 3 is 2.36 bits per heavy atom. The van der Waals surface area contributed by atoms with Gasteiger partial charge in [-0.3, -0.25) is 0 Å². The average Bonchev–Trinajstić information content (AvgIpc) is 1.86. The van der Waals surface area contributed by atoms with Gasteiger partial charge < -0.3 is 5.73 Å². The van der Waals surface area contributed by atoms with E-state index in [0.717, 1.165) is 12.0 Å². The van der Waals surface area contributed by atoms with Crippen molar-refractivity contribution in [3.05, 3.63) is 17.9 Å². The van der Waals surface area contributed by atoms with Gasteiger partial charge in [-0.15, -0.1) is 5.73 Å². The molecule has 0 fully saturated rings. The standard InChI is InChI=1S/C10H19N/c1-6-9(4)7-10(5,11)8(2)3/h8H,1,7,11H2,2-5H3. The van der Waals surface area contributed by atoms with Gasteiger partial charge in [0.2, 0.25) is 0 Å². The van der Waals surface area contributed by atoms with Crippen molar-refractivity contribution in [3.63, 3.8) is 0 Å². The van der Waals surface area contributed by atoms with Crippen LogP contribution in [-0.4, -0.2) is 5.54 Å². The maximum absolute atomic E-state index is 6.05. The van der Waals surface area contributed by atoms with Crippen molar-refractivity contribution in [1.29, 1.82) is 0 Å². The van der Waals surface area contributed by atoms with Crippen LogP contribution in [0.15, 0.2) is 17.9 Å². The number of hydrogen-bond donors (Lipinski definition) is 1. The van der Waals surface area contributed by atoms with Gasteiger partial charge in [-0.1, -0.05) is 20.4 Å². The fourth-order valence-electron chi connectivity index (χ4n) is 0.838. The molecule has 1 unspecified atom stereocenters. The first kappa shape index (κ1) is 10.5. The Kier molecular flexibility index (Phi) is 3.57. The Labute approximate surface area is 70.0 Å². The van der Waals surface area contributed by atoms with Crippen molar-refractivity contribution >= 4 is 0 Å². The largest absolute Gasteiger partial charge is 0.325 e. The summed E-state index contributed by atoms with van der Waals surface area (Å²) in [7, 11) is 0. The maximum Gasteiger partial charge on any atom is 0.0192 e. The van der Waals surface area contributed by atoms with Crippen LogP contribution in [-0.2, 0) is 0 Å². The van der Waals surface area contributed by atoms with Gasteiger partial charge in [0.25, 0.3) is 0 Å². The number of nitrogens with two attached hydrogens (primary N) is 1. The van der Waals surface area contributed by atoms with Gasteiger partial charge in [-0.25, -0.2) is 0 Å². The first-order valence-corrected chi connectivity index (χ1v) is 4.04. The second kappa shape index (κ2) is 3.75. The van der Waals surface area contributed by atoms with E-state index in [1.54, 1.807) is 0 Å². The molecule has 0 radical (unpaired) electrons. The maximum atomic E-state index is 6.05. The van der Waals surface area contributed by atoms with E-state index in [-0.39, 0.29) is 5.54 Å². The van der Waals surface area contributed by atoms with E-state index < -0.39 is 0 Å². The number of rotatable bonds is 3. The van der Waals surface area contributed by atoms with Crippen LogP contribution in [0.5, 0.6) is 0 Å². The molecule has 0 bridgehead atoms. The zero-order valence-corrected chi connectivity index (χ0v) is 8.07. The highest BCUT2D eigenvalue weighted by Crippen LogP contribution is 2.20. The molecule has 0 spiro atoms. The van der Waals surface area contributed by atoms with Crippen molar-refractivity contribution in [2.24, 2.45) is 11.7 Å². The van der Waals surface area contributed by atoms with Gasteiger partial charge in [-0.05, 0) is 31.8 Å². The molecule has 0 aliphatic rings. The van der Waals surface area contributed by atoms with Gasteiger partial charge in [0, 0.05) is 5.54 Å².